The van der Waals surface area contributed by atoms with E-state index in [1.807, 2.05) is 19.9 Å². The number of rotatable bonds is 19. The van der Waals surface area contributed by atoms with Crippen LogP contribution in [0.25, 0.3) is 0 Å². The molecule has 17 heteroatoms. The number of hydrogen-bond donors (Lipinski definition) is 1. The molecule has 0 aliphatic carbocycles. The Kier molecular flexibility index (Phi) is 17.5. The van der Waals surface area contributed by atoms with Gasteiger partial charge in [-0.05, 0) is 43.9 Å². The van der Waals surface area contributed by atoms with Gasteiger partial charge in [-0.3, -0.25) is 18.4 Å². The van der Waals surface area contributed by atoms with E-state index < -0.39 is 69.7 Å². The fourth-order valence-electron chi connectivity index (χ4n) is 5.76. The van der Waals surface area contributed by atoms with E-state index in [0.717, 1.165) is 12.8 Å². The molecule has 0 aromatic heterocycles. The number of carbonyl (C=O) groups excluding carboxylic acids is 2. The lowest BCUT2D eigenvalue weighted by molar-refractivity contribution is -0.169. The number of alkyl halides is 6. The molecule has 2 fully saturated rings. The number of aliphatic hydroxyl groups is 1. The molecule has 2 aliphatic heterocycles. The summed E-state index contributed by atoms with van der Waals surface area (Å²) >= 11 is 0. The summed E-state index contributed by atoms with van der Waals surface area (Å²) in [4.78, 5) is 23.9. The normalized spacial score (nSPS) is 27.2. The number of carbonyl (C=O) groups is 2. The van der Waals surface area contributed by atoms with Gasteiger partial charge in [0.05, 0.1) is 36.6 Å². The van der Waals surface area contributed by atoms with Crippen molar-refractivity contribution < 1.29 is 73.6 Å². The average Bonchev–Trinajstić information content (AvgIpc) is 2.95. The van der Waals surface area contributed by atoms with Crippen LogP contribution in [0.15, 0.2) is 12.2 Å². The second kappa shape index (κ2) is 19.7. The number of aliphatic hydroxyl groups excluding tert-OH is 1. The summed E-state index contributed by atoms with van der Waals surface area (Å²) in [7, 11) is -3.68. The highest BCUT2D eigenvalue weighted by Gasteiger charge is 2.42. The SMILES string of the molecule is CO[C@@H](C[C@@H]1C[C@@H](OC(=O)CP(=O)(OCC(F)(F)F)OCC(F)(F)F)C[C@H](CC=O)O1)C[C@H]1O[C@H](C/C=C/[C@@H](O)CC(C)C)CC[C@@H]1C. The molecular weight excluding hydrogens is 677 g/mol. The highest BCUT2D eigenvalue weighted by molar-refractivity contribution is 7.54. The number of halogens is 6. The Morgan fingerprint density at radius 2 is 1.58 bits per heavy atom. The molecule has 2 aliphatic rings. The van der Waals surface area contributed by atoms with Crippen LogP contribution in [0.3, 0.4) is 0 Å². The summed E-state index contributed by atoms with van der Waals surface area (Å²) in [6.45, 7) is 1.76. The van der Waals surface area contributed by atoms with Gasteiger partial charge in [-0.2, -0.15) is 26.3 Å². The molecule has 48 heavy (non-hydrogen) atoms. The molecule has 280 valence electrons. The first kappa shape index (κ1) is 42.6. The van der Waals surface area contributed by atoms with Crippen LogP contribution >= 0.6 is 7.60 Å². The zero-order valence-corrected chi connectivity index (χ0v) is 28.6. The molecule has 8 atom stereocenters. The van der Waals surface area contributed by atoms with Gasteiger partial charge < -0.3 is 28.8 Å². The maximum Gasteiger partial charge on any atom is 0.412 e. The minimum absolute atomic E-state index is 0.0135. The Labute approximate surface area is 277 Å². The minimum Gasteiger partial charge on any atom is -0.462 e. The topological polar surface area (TPSA) is 127 Å². The number of esters is 1. The largest absolute Gasteiger partial charge is 0.462 e. The first-order chi connectivity index (χ1) is 22.3. The van der Waals surface area contributed by atoms with Gasteiger partial charge in [0.15, 0.2) is 13.2 Å². The zero-order valence-electron chi connectivity index (χ0n) is 27.7. The summed E-state index contributed by atoms with van der Waals surface area (Å²) in [5, 5.41) is 10.1. The van der Waals surface area contributed by atoms with Gasteiger partial charge in [0.25, 0.3) is 0 Å². The van der Waals surface area contributed by atoms with E-state index in [1.165, 1.54) is 7.11 Å². The molecule has 0 aromatic rings. The van der Waals surface area contributed by atoms with Gasteiger partial charge >= 0.3 is 25.9 Å². The quantitative estimate of drug-likeness (QED) is 0.0504. The Bertz CT molecular complexity index is 1030. The van der Waals surface area contributed by atoms with Crippen LogP contribution in [0.1, 0.15) is 78.6 Å². The molecule has 0 aromatic carbocycles. The second-order valence-electron chi connectivity index (χ2n) is 13.0. The Hall–Kier alpha value is -1.55. The summed E-state index contributed by atoms with van der Waals surface area (Å²) in [5.41, 5.74) is 0. The van der Waals surface area contributed by atoms with Crippen LogP contribution in [0.5, 0.6) is 0 Å². The van der Waals surface area contributed by atoms with Crippen LogP contribution in [-0.2, 0) is 42.1 Å². The Balaban J connectivity index is 2.02. The van der Waals surface area contributed by atoms with Crippen molar-refractivity contribution in [2.24, 2.45) is 11.8 Å². The van der Waals surface area contributed by atoms with E-state index in [0.29, 0.717) is 37.9 Å². The van der Waals surface area contributed by atoms with Crippen molar-refractivity contribution in [3.63, 3.8) is 0 Å². The zero-order chi connectivity index (χ0) is 36.1. The Morgan fingerprint density at radius 1 is 0.958 bits per heavy atom. The maximum absolute atomic E-state index is 12.7. The van der Waals surface area contributed by atoms with Crippen molar-refractivity contribution in [2.45, 2.75) is 134 Å². The molecule has 10 nitrogen and oxygen atoms in total. The first-order valence-electron chi connectivity index (χ1n) is 16.1. The van der Waals surface area contributed by atoms with E-state index in [1.54, 1.807) is 6.08 Å². The fraction of sp³-hybridized carbons (Fsp3) is 0.871. The molecule has 0 saturated carbocycles. The lowest BCUT2D eigenvalue weighted by Gasteiger charge is -2.38. The van der Waals surface area contributed by atoms with E-state index in [4.69, 9.17) is 18.9 Å². The van der Waals surface area contributed by atoms with Crippen molar-refractivity contribution in [2.75, 3.05) is 26.5 Å². The number of methoxy groups -OCH3 is 1. The first-order valence-corrected chi connectivity index (χ1v) is 17.9. The van der Waals surface area contributed by atoms with Crippen LogP contribution in [0.4, 0.5) is 26.3 Å². The molecule has 0 spiro atoms. The number of ether oxygens (including phenoxy) is 4. The van der Waals surface area contributed by atoms with Crippen LogP contribution in [0, 0.1) is 11.8 Å². The van der Waals surface area contributed by atoms with Gasteiger partial charge in [0.1, 0.15) is 18.6 Å². The highest BCUT2D eigenvalue weighted by atomic mass is 31.2. The molecule has 1 N–H and O–H groups in total. The van der Waals surface area contributed by atoms with Crippen LogP contribution < -0.4 is 0 Å². The van der Waals surface area contributed by atoms with Gasteiger partial charge in [0, 0.05) is 32.8 Å². The highest BCUT2D eigenvalue weighted by Crippen LogP contribution is 2.50. The van der Waals surface area contributed by atoms with Gasteiger partial charge in [-0.15, -0.1) is 0 Å². The summed E-state index contributed by atoms with van der Waals surface area (Å²) in [6, 6.07) is 0. The lowest BCUT2D eigenvalue weighted by Crippen LogP contribution is -2.42. The molecule has 0 unspecified atom stereocenters. The maximum atomic E-state index is 12.7. The molecule has 2 rings (SSSR count). The van der Waals surface area contributed by atoms with Gasteiger partial charge in [0.2, 0.25) is 0 Å². The third kappa shape index (κ3) is 17.4. The smallest absolute Gasteiger partial charge is 0.412 e. The van der Waals surface area contributed by atoms with E-state index in [9.17, 15) is 45.6 Å². The summed E-state index contributed by atoms with van der Waals surface area (Å²) < 4.78 is 120. The van der Waals surface area contributed by atoms with Gasteiger partial charge in [-0.25, -0.2) is 0 Å². The van der Waals surface area contributed by atoms with E-state index in [2.05, 4.69) is 16.0 Å². The lowest BCUT2D eigenvalue weighted by atomic mass is 9.87. The van der Waals surface area contributed by atoms with Gasteiger partial charge in [-0.1, -0.05) is 32.9 Å². The molecule has 2 saturated heterocycles. The number of aldehydes is 1. The summed E-state index contributed by atoms with van der Waals surface area (Å²) in [6.07, 6.45) is -6.61. The fourth-order valence-corrected chi connectivity index (χ4v) is 7.10. The van der Waals surface area contributed by atoms with E-state index >= 15 is 0 Å². The third-order valence-electron chi connectivity index (χ3n) is 8.04. The predicted octanol–water partition coefficient (Wildman–Crippen LogP) is 6.72. The minimum atomic E-state index is -5.21. The molecule has 0 amide bonds. The van der Waals surface area contributed by atoms with Crippen molar-refractivity contribution in [3.8, 4) is 0 Å². The molecule has 0 bridgehead atoms. The van der Waals surface area contributed by atoms with Crippen molar-refractivity contribution in [3.05, 3.63) is 12.2 Å². The Morgan fingerprint density at radius 3 is 2.15 bits per heavy atom. The van der Waals surface area contributed by atoms with Crippen molar-refractivity contribution in [1.82, 2.24) is 0 Å². The molecule has 0 radical (unpaired) electrons. The second-order valence-corrected chi connectivity index (χ2v) is 15.0. The average molecular weight is 727 g/mol. The molecule has 2 heterocycles. The number of hydrogen-bond acceptors (Lipinski definition) is 10. The van der Waals surface area contributed by atoms with E-state index in [-0.39, 0.29) is 43.5 Å². The standard InChI is InChI=1S/C31H49F6O10P/c1-20(2)12-22(39)6-5-7-23-9-8-21(3)28(46-23)16-25(42-4)14-26-15-27(13-24(45-26)10-11-38)47-29(40)17-48(41,43-18-30(32,33)34)44-19-31(35,36)37/h5-6,11,20-28,39H,7-10,12-19H2,1-4H3/b6-5+/t21-,22+,23+,24-,25-,26+,27-,28+/m0/s1. The van der Waals surface area contributed by atoms with Crippen LogP contribution in [0.2, 0.25) is 0 Å². The van der Waals surface area contributed by atoms with Crippen molar-refractivity contribution >= 4 is 19.9 Å². The molecular formula is C31H49F6O10P. The third-order valence-corrected chi connectivity index (χ3v) is 9.73. The van der Waals surface area contributed by atoms with Crippen molar-refractivity contribution in [1.29, 1.82) is 0 Å². The van der Waals surface area contributed by atoms with Crippen LogP contribution in [-0.4, -0.2) is 98.9 Å². The predicted molar refractivity (Wildman–Crippen MR) is 161 cm³/mol. The monoisotopic (exact) mass is 726 g/mol. The summed E-state index contributed by atoms with van der Waals surface area (Å²) in [5.74, 6) is -0.789.